The topological polar surface area (TPSA) is 34.9 Å². The molecule has 18 heavy (non-hydrogen) atoms. The first-order chi connectivity index (χ1) is 8.86. The number of hydrogen-bond acceptors (Lipinski definition) is 2. The van der Waals surface area contributed by atoms with Gasteiger partial charge in [-0.1, -0.05) is 24.3 Å². The Labute approximate surface area is 105 Å². The van der Waals surface area contributed by atoms with Gasteiger partial charge in [-0.2, -0.15) is 0 Å². The lowest BCUT2D eigenvalue weighted by Crippen LogP contribution is -1.98. The molecule has 0 amide bonds. The highest BCUT2D eigenvalue weighted by atomic mass is 16.1. The van der Waals surface area contributed by atoms with Gasteiger partial charge in [-0.25, -0.2) is 0 Å². The largest absolute Gasteiger partial charge is 0.349 e. The normalized spacial score (nSPS) is 10.7. The number of aromatic nitrogens is 2. The van der Waals surface area contributed by atoms with Crippen LogP contribution in [0, 0.1) is 0 Å². The number of pyridine rings is 1. The van der Waals surface area contributed by atoms with Gasteiger partial charge in [0.05, 0.1) is 5.52 Å². The van der Waals surface area contributed by atoms with Crippen LogP contribution in [0.2, 0.25) is 0 Å². The fourth-order valence-electron chi connectivity index (χ4n) is 2.12. The molecule has 3 heteroatoms. The number of carbonyl (C=O) groups excluding carboxylic acids is 1. The van der Waals surface area contributed by atoms with E-state index < -0.39 is 0 Å². The summed E-state index contributed by atoms with van der Waals surface area (Å²) in [7, 11) is 0. The summed E-state index contributed by atoms with van der Waals surface area (Å²) in [5, 5.41) is 1.14. The van der Waals surface area contributed by atoms with Gasteiger partial charge in [0.2, 0.25) is 0 Å². The number of benzene rings is 1. The van der Waals surface area contributed by atoms with Crippen molar-refractivity contribution in [1.82, 2.24) is 9.55 Å². The smallest absolute Gasteiger partial charge is 0.151 e. The Bertz CT molecular complexity index is 695. The molecule has 0 aliphatic carbocycles. The molecule has 0 aliphatic heterocycles. The minimum absolute atomic E-state index is 0.697. The van der Waals surface area contributed by atoms with Crippen LogP contribution in [0.1, 0.15) is 15.9 Å². The van der Waals surface area contributed by atoms with Gasteiger partial charge >= 0.3 is 0 Å². The van der Waals surface area contributed by atoms with Gasteiger partial charge < -0.3 is 4.57 Å². The highest BCUT2D eigenvalue weighted by Crippen LogP contribution is 2.17. The van der Waals surface area contributed by atoms with Crippen molar-refractivity contribution in [2.45, 2.75) is 6.54 Å². The van der Waals surface area contributed by atoms with Crippen molar-refractivity contribution >= 4 is 17.2 Å². The van der Waals surface area contributed by atoms with Crippen LogP contribution in [-0.4, -0.2) is 15.8 Å². The van der Waals surface area contributed by atoms with Gasteiger partial charge in [0.25, 0.3) is 0 Å². The molecule has 0 saturated carbocycles. The molecule has 0 bridgehead atoms. The molecule has 88 valence electrons. The molecule has 2 heterocycles. The zero-order chi connectivity index (χ0) is 12.4. The summed E-state index contributed by atoms with van der Waals surface area (Å²) in [6.45, 7) is 0.724. The number of fused-ring (bicyclic) bond motifs is 1. The second-order valence-electron chi connectivity index (χ2n) is 4.23. The molecule has 0 saturated heterocycles. The third kappa shape index (κ3) is 1.91. The predicted octanol–water partition coefficient (Wildman–Crippen LogP) is 2.90. The maximum atomic E-state index is 10.7. The molecule has 0 fully saturated rings. The van der Waals surface area contributed by atoms with Crippen molar-refractivity contribution in [3.63, 3.8) is 0 Å². The van der Waals surface area contributed by atoms with Crippen LogP contribution in [0.25, 0.3) is 10.9 Å². The number of nitrogens with zero attached hydrogens (tertiary/aromatic N) is 2. The second kappa shape index (κ2) is 4.45. The summed E-state index contributed by atoms with van der Waals surface area (Å²) in [5.41, 5.74) is 2.87. The van der Waals surface area contributed by atoms with Gasteiger partial charge in [0.1, 0.15) is 0 Å². The number of rotatable bonds is 3. The average molecular weight is 236 g/mol. The monoisotopic (exact) mass is 236 g/mol. The Morgan fingerprint density at radius 3 is 2.89 bits per heavy atom. The molecular weight excluding hydrogens is 224 g/mol. The zero-order valence-corrected chi connectivity index (χ0v) is 9.78. The van der Waals surface area contributed by atoms with Crippen molar-refractivity contribution < 1.29 is 4.79 Å². The Morgan fingerprint density at radius 1 is 1.17 bits per heavy atom. The summed E-state index contributed by atoms with van der Waals surface area (Å²) in [4.78, 5) is 15.1. The lowest BCUT2D eigenvalue weighted by Gasteiger charge is -2.06. The Morgan fingerprint density at radius 2 is 2.06 bits per heavy atom. The summed E-state index contributed by atoms with van der Waals surface area (Å²) in [6, 6.07) is 12.0. The first-order valence-corrected chi connectivity index (χ1v) is 5.80. The third-order valence-electron chi connectivity index (χ3n) is 2.98. The predicted molar refractivity (Wildman–Crippen MR) is 70.7 cm³/mol. The third-order valence-corrected chi connectivity index (χ3v) is 2.98. The maximum Gasteiger partial charge on any atom is 0.151 e. The summed E-state index contributed by atoms with van der Waals surface area (Å²) in [6.07, 6.45) is 6.41. The molecular formula is C15H12N2O. The van der Waals surface area contributed by atoms with Gasteiger partial charge in [-0.3, -0.25) is 9.78 Å². The average Bonchev–Trinajstić information content (AvgIpc) is 2.87. The van der Waals surface area contributed by atoms with Gasteiger partial charge in [0, 0.05) is 36.1 Å². The van der Waals surface area contributed by atoms with Crippen LogP contribution in [0.5, 0.6) is 0 Å². The standard InChI is InChI=1S/C15H12N2O/c18-11-12-6-8-17(9-12)10-14-4-1-3-13-5-2-7-16-15(13)14/h1-9,11H,10H2. The van der Waals surface area contributed by atoms with E-state index in [0.29, 0.717) is 5.56 Å². The molecule has 0 radical (unpaired) electrons. The number of aldehydes is 1. The molecule has 3 rings (SSSR count). The minimum Gasteiger partial charge on any atom is -0.349 e. The van der Waals surface area contributed by atoms with Crippen LogP contribution in [0.3, 0.4) is 0 Å². The number of hydrogen-bond donors (Lipinski definition) is 0. The van der Waals surface area contributed by atoms with Crippen molar-refractivity contribution in [3.05, 3.63) is 66.1 Å². The molecule has 0 aliphatic rings. The number of para-hydroxylation sites is 1. The molecule has 0 spiro atoms. The van der Waals surface area contributed by atoms with Crippen molar-refractivity contribution in [3.8, 4) is 0 Å². The molecule has 0 atom stereocenters. The Hall–Kier alpha value is -2.42. The van der Waals surface area contributed by atoms with E-state index >= 15 is 0 Å². The van der Waals surface area contributed by atoms with E-state index in [9.17, 15) is 4.79 Å². The molecule has 3 aromatic rings. The van der Waals surface area contributed by atoms with Crippen molar-refractivity contribution in [2.24, 2.45) is 0 Å². The van der Waals surface area contributed by atoms with Crippen LogP contribution in [0.4, 0.5) is 0 Å². The minimum atomic E-state index is 0.697. The fraction of sp³-hybridized carbons (Fsp3) is 0.0667. The Kier molecular flexibility index (Phi) is 2.65. The summed E-state index contributed by atoms with van der Waals surface area (Å²) in [5.74, 6) is 0. The first kappa shape index (κ1) is 10.7. The van der Waals surface area contributed by atoms with Gasteiger partial charge in [-0.05, 0) is 17.7 Å². The SMILES string of the molecule is O=Cc1ccn(Cc2cccc3cccnc23)c1. The highest BCUT2D eigenvalue weighted by Gasteiger charge is 2.03. The van der Waals surface area contributed by atoms with E-state index in [1.165, 1.54) is 0 Å². The van der Waals surface area contributed by atoms with E-state index in [0.717, 1.165) is 29.3 Å². The zero-order valence-electron chi connectivity index (χ0n) is 9.78. The fourth-order valence-corrected chi connectivity index (χ4v) is 2.12. The van der Waals surface area contributed by atoms with Crippen molar-refractivity contribution in [2.75, 3.05) is 0 Å². The van der Waals surface area contributed by atoms with Crippen molar-refractivity contribution in [1.29, 1.82) is 0 Å². The van der Waals surface area contributed by atoms with E-state index in [-0.39, 0.29) is 0 Å². The van der Waals surface area contributed by atoms with E-state index in [1.807, 2.05) is 35.2 Å². The molecule has 2 aromatic heterocycles. The highest BCUT2D eigenvalue weighted by molar-refractivity contribution is 5.81. The summed E-state index contributed by atoms with van der Waals surface area (Å²) >= 11 is 0. The van der Waals surface area contributed by atoms with Crippen LogP contribution >= 0.6 is 0 Å². The lowest BCUT2D eigenvalue weighted by atomic mass is 10.1. The van der Waals surface area contributed by atoms with Gasteiger partial charge in [-0.15, -0.1) is 0 Å². The van der Waals surface area contributed by atoms with Crippen LogP contribution < -0.4 is 0 Å². The van der Waals surface area contributed by atoms with E-state index in [1.54, 1.807) is 6.20 Å². The molecule has 3 nitrogen and oxygen atoms in total. The number of carbonyl (C=O) groups is 1. The quantitative estimate of drug-likeness (QED) is 0.655. The lowest BCUT2D eigenvalue weighted by molar-refractivity contribution is 0.112. The first-order valence-electron chi connectivity index (χ1n) is 5.80. The molecule has 1 aromatic carbocycles. The van der Waals surface area contributed by atoms with Crippen LogP contribution in [0.15, 0.2) is 55.0 Å². The molecule has 0 unspecified atom stereocenters. The Balaban J connectivity index is 2.01. The second-order valence-corrected chi connectivity index (χ2v) is 4.23. The molecule has 0 N–H and O–H groups in total. The van der Waals surface area contributed by atoms with E-state index in [4.69, 9.17) is 0 Å². The van der Waals surface area contributed by atoms with Gasteiger partial charge in [0.15, 0.2) is 6.29 Å². The van der Waals surface area contributed by atoms with E-state index in [2.05, 4.69) is 23.2 Å². The summed E-state index contributed by atoms with van der Waals surface area (Å²) < 4.78 is 1.99. The van der Waals surface area contributed by atoms with Crippen LogP contribution in [-0.2, 0) is 6.54 Å². The maximum absolute atomic E-state index is 10.7.